The predicted octanol–water partition coefficient (Wildman–Crippen LogP) is 3.65. The summed E-state index contributed by atoms with van der Waals surface area (Å²) in [5, 5.41) is 3.50. The second kappa shape index (κ2) is 11.6. The van der Waals surface area contributed by atoms with Crippen LogP contribution >= 0.6 is 15.9 Å². The minimum atomic E-state index is -3.58. The highest BCUT2D eigenvalue weighted by molar-refractivity contribution is 9.10. The molecule has 6 rings (SSSR count). The van der Waals surface area contributed by atoms with Gasteiger partial charge in [0, 0.05) is 61.1 Å². The number of aromatic amines is 1. The predicted molar refractivity (Wildman–Crippen MR) is 168 cm³/mol. The molecule has 2 saturated heterocycles. The highest BCUT2D eigenvalue weighted by atomic mass is 79.9. The van der Waals surface area contributed by atoms with Crippen molar-refractivity contribution in [2.75, 3.05) is 50.5 Å². The first-order valence-electron chi connectivity index (χ1n) is 14.2. The molecule has 1 unspecified atom stereocenters. The summed E-state index contributed by atoms with van der Waals surface area (Å²) in [6.45, 7) is 8.04. The van der Waals surface area contributed by atoms with Crippen LogP contribution in [0.3, 0.4) is 0 Å². The first-order valence-corrected chi connectivity index (χ1v) is 18.0. The maximum Gasteiger partial charge on any atom is 0.243 e. The third-order valence-electron chi connectivity index (χ3n) is 8.11. The van der Waals surface area contributed by atoms with E-state index in [-0.39, 0.29) is 16.7 Å². The number of fused-ring (bicyclic) bond motifs is 1. The molecule has 0 saturated carbocycles. The second-order valence-corrected chi connectivity index (χ2v) is 15.8. The summed E-state index contributed by atoms with van der Waals surface area (Å²) in [4.78, 5) is 13.1. The Morgan fingerprint density at radius 2 is 1.79 bits per heavy atom. The molecule has 5 heterocycles. The molecule has 3 aromatic heterocycles. The average molecular weight is 693 g/mol. The zero-order chi connectivity index (χ0) is 30.5. The van der Waals surface area contributed by atoms with Crippen LogP contribution < -0.4 is 5.32 Å². The van der Waals surface area contributed by atoms with Crippen LogP contribution in [0.4, 0.5) is 5.69 Å². The van der Waals surface area contributed by atoms with Gasteiger partial charge < -0.3 is 19.6 Å². The summed E-state index contributed by atoms with van der Waals surface area (Å²) in [6.07, 6.45) is 2.40. The number of nitrogens with zero attached hydrogens (tertiary/aromatic N) is 5. The molecule has 4 aromatic rings. The lowest BCUT2D eigenvalue weighted by atomic mass is 10.2. The van der Waals surface area contributed by atoms with Gasteiger partial charge in [0.15, 0.2) is 5.65 Å². The van der Waals surface area contributed by atoms with Gasteiger partial charge >= 0.3 is 0 Å². The van der Waals surface area contributed by atoms with Gasteiger partial charge in [0.2, 0.25) is 20.0 Å². The lowest BCUT2D eigenvalue weighted by molar-refractivity contribution is 0.0730. The van der Waals surface area contributed by atoms with Gasteiger partial charge in [-0.15, -0.1) is 0 Å². The summed E-state index contributed by atoms with van der Waals surface area (Å²) in [6, 6.07) is 8.92. The Labute approximate surface area is 259 Å². The Balaban J connectivity index is 1.28. The lowest BCUT2D eigenvalue weighted by Crippen LogP contribution is -2.40. The van der Waals surface area contributed by atoms with Crippen LogP contribution in [0.2, 0.25) is 0 Å². The second-order valence-electron chi connectivity index (χ2n) is 10.8. The van der Waals surface area contributed by atoms with E-state index in [1.807, 2.05) is 32.0 Å². The number of anilines is 1. The van der Waals surface area contributed by atoms with Crippen molar-refractivity contribution >= 4 is 52.8 Å². The van der Waals surface area contributed by atoms with E-state index in [2.05, 4.69) is 35.8 Å². The SMILES string of the molecule is CCS(=O)(=O)N1CCC(Nc2c(Br)cnc3[nH]c(-c4cc(C)n(-c5ccc(S(=O)(=O)N6CCOCC6)cc5)c4C)nc23)C1. The van der Waals surface area contributed by atoms with E-state index in [4.69, 9.17) is 9.72 Å². The maximum absolute atomic E-state index is 13.1. The van der Waals surface area contributed by atoms with Gasteiger partial charge in [0.05, 0.1) is 34.0 Å². The molecule has 2 aliphatic rings. The van der Waals surface area contributed by atoms with E-state index in [0.29, 0.717) is 62.8 Å². The number of imidazole rings is 1. The minimum Gasteiger partial charge on any atom is -0.379 e. The summed E-state index contributed by atoms with van der Waals surface area (Å²) in [7, 11) is -6.83. The van der Waals surface area contributed by atoms with Crippen LogP contribution in [0.15, 0.2) is 45.9 Å². The number of morpholine rings is 1. The molecule has 15 heteroatoms. The number of rotatable bonds is 8. The smallest absolute Gasteiger partial charge is 0.243 e. The fourth-order valence-electron chi connectivity index (χ4n) is 5.78. The molecule has 230 valence electrons. The standard InChI is InChI=1S/C28H34BrN7O5S2/c1-4-42(37,38)35-10-9-20(17-35)31-25-24(29)16-30-28-26(25)32-27(33-28)23-15-18(2)36(19(23)3)21-5-7-22(8-6-21)43(39,40)34-11-13-41-14-12-34/h5-8,15-16,20H,4,9-14,17H2,1-3H3,(H2,30,31,32,33). The first-order chi connectivity index (χ1) is 20.5. The zero-order valence-electron chi connectivity index (χ0n) is 24.2. The monoisotopic (exact) mass is 691 g/mol. The fraction of sp³-hybridized carbons (Fsp3) is 0.429. The average Bonchev–Trinajstić information content (AvgIpc) is 3.73. The molecule has 12 nitrogen and oxygen atoms in total. The third kappa shape index (κ3) is 5.62. The first kappa shape index (κ1) is 30.2. The number of nitrogens with one attached hydrogen (secondary N) is 2. The van der Waals surface area contributed by atoms with E-state index in [0.717, 1.165) is 32.8 Å². The number of H-pyrrole nitrogens is 1. The van der Waals surface area contributed by atoms with Crippen molar-refractivity contribution in [2.24, 2.45) is 0 Å². The van der Waals surface area contributed by atoms with E-state index in [1.54, 1.807) is 25.3 Å². The fourth-order valence-corrected chi connectivity index (χ4v) is 8.75. The van der Waals surface area contributed by atoms with Crippen molar-refractivity contribution in [3.8, 4) is 17.1 Å². The van der Waals surface area contributed by atoms with Crippen molar-refractivity contribution in [2.45, 2.75) is 38.1 Å². The van der Waals surface area contributed by atoms with Gasteiger partial charge in [-0.2, -0.15) is 8.61 Å². The normalized spacial score (nSPS) is 18.9. The Morgan fingerprint density at radius 3 is 2.49 bits per heavy atom. The van der Waals surface area contributed by atoms with Crippen molar-refractivity contribution in [3.63, 3.8) is 0 Å². The Morgan fingerprint density at radius 1 is 1.07 bits per heavy atom. The molecule has 0 spiro atoms. The van der Waals surface area contributed by atoms with Crippen LogP contribution in [0.1, 0.15) is 24.7 Å². The lowest BCUT2D eigenvalue weighted by Gasteiger charge is -2.26. The van der Waals surface area contributed by atoms with Gasteiger partial charge in [0.1, 0.15) is 11.3 Å². The molecule has 0 amide bonds. The number of hydrogen-bond donors (Lipinski definition) is 2. The summed E-state index contributed by atoms with van der Waals surface area (Å²) in [5.41, 5.74) is 5.66. The summed E-state index contributed by atoms with van der Waals surface area (Å²) < 4.78 is 62.0. The number of ether oxygens (including phenoxy) is 1. The highest BCUT2D eigenvalue weighted by Gasteiger charge is 2.31. The molecule has 2 fully saturated rings. The largest absolute Gasteiger partial charge is 0.379 e. The van der Waals surface area contributed by atoms with E-state index < -0.39 is 20.0 Å². The molecular weight excluding hydrogens is 658 g/mol. The molecule has 43 heavy (non-hydrogen) atoms. The number of halogens is 1. The molecular formula is C28H34BrN7O5S2. The van der Waals surface area contributed by atoms with Crippen molar-refractivity contribution in [3.05, 3.63) is 52.4 Å². The van der Waals surface area contributed by atoms with Crippen molar-refractivity contribution < 1.29 is 21.6 Å². The molecule has 2 N–H and O–H groups in total. The summed E-state index contributed by atoms with van der Waals surface area (Å²) >= 11 is 3.60. The maximum atomic E-state index is 13.1. The van der Waals surface area contributed by atoms with Crippen LogP contribution in [-0.4, -0.2) is 96.2 Å². The van der Waals surface area contributed by atoms with Gasteiger partial charge in [-0.3, -0.25) is 0 Å². The molecule has 1 aromatic carbocycles. The molecule has 1 atom stereocenters. The Kier molecular flexibility index (Phi) is 8.15. The highest BCUT2D eigenvalue weighted by Crippen LogP contribution is 2.35. The third-order valence-corrected chi connectivity index (χ3v) is 12.5. The van der Waals surface area contributed by atoms with Crippen molar-refractivity contribution in [1.29, 1.82) is 0 Å². The van der Waals surface area contributed by atoms with E-state index >= 15 is 0 Å². The van der Waals surface area contributed by atoms with Crippen LogP contribution in [-0.2, 0) is 24.8 Å². The quantitative estimate of drug-likeness (QED) is 0.285. The number of aryl methyl sites for hydroxylation is 1. The molecule has 2 aliphatic heterocycles. The number of pyridine rings is 1. The van der Waals surface area contributed by atoms with Crippen LogP contribution in [0.5, 0.6) is 0 Å². The van der Waals surface area contributed by atoms with Crippen LogP contribution in [0, 0.1) is 13.8 Å². The molecule has 0 radical (unpaired) electrons. The summed E-state index contributed by atoms with van der Waals surface area (Å²) in [5.74, 6) is 0.734. The van der Waals surface area contributed by atoms with Gasteiger partial charge in [-0.05, 0) is 73.5 Å². The Bertz CT molecular complexity index is 1880. The van der Waals surface area contributed by atoms with E-state index in [9.17, 15) is 16.8 Å². The number of aromatic nitrogens is 4. The topological polar surface area (TPSA) is 143 Å². The van der Waals surface area contributed by atoms with Gasteiger partial charge in [0.25, 0.3) is 0 Å². The number of benzene rings is 1. The Hall–Kier alpha value is -2.82. The minimum absolute atomic E-state index is 0.0523. The van der Waals surface area contributed by atoms with Gasteiger partial charge in [-0.1, -0.05) is 0 Å². The van der Waals surface area contributed by atoms with Gasteiger partial charge in [-0.25, -0.2) is 26.8 Å². The zero-order valence-corrected chi connectivity index (χ0v) is 27.4. The molecule has 0 bridgehead atoms. The van der Waals surface area contributed by atoms with Crippen molar-refractivity contribution in [1.82, 2.24) is 28.1 Å². The van der Waals surface area contributed by atoms with Crippen LogP contribution in [0.25, 0.3) is 28.2 Å². The number of sulfonamides is 2. The number of hydrogen-bond acceptors (Lipinski definition) is 8. The molecule has 0 aliphatic carbocycles. The van der Waals surface area contributed by atoms with E-state index in [1.165, 1.54) is 8.61 Å².